The van der Waals surface area contributed by atoms with Crippen molar-refractivity contribution in [3.63, 3.8) is 0 Å². The van der Waals surface area contributed by atoms with Crippen molar-refractivity contribution in [3.8, 4) is 0 Å². The van der Waals surface area contributed by atoms with E-state index in [0.29, 0.717) is 10.7 Å². The molecule has 0 aliphatic carbocycles. The highest BCUT2D eigenvalue weighted by Crippen LogP contribution is 2.36. The zero-order valence-electron chi connectivity index (χ0n) is 11.5. The van der Waals surface area contributed by atoms with E-state index in [9.17, 15) is 18.0 Å². The summed E-state index contributed by atoms with van der Waals surface area (Å²) < 4.78 is 38.8. The Morgan fingerprint density at radius 3 is 2.39 bits per heavy atom. The van der Waals surface area contributed by atoms with E-state index in [-0.39, 0.29) is 17.3 Å². The molecule has 0 saturated heterocycles. The van der Waals surface area contributed by atoms with E-state index in [2.05, 4.69) is 10.6 Å². The summed E-state index contributed by atoms with van der Waals surface area (Å²) in [6.45, 7) is -0.336. The lowest BCUT2D eigenvalue weighted by atomic mass is 10.1. The number of halogens is 5. The van der Waals surface area contributed by atoms with Gasteiger partial charge in [0.2, 0.25) is 5.91 Å². The molecule has 0 aliphatic heterocycles. The number of nitrogens with one attached hydrogen (secondary N) is 2. The van der Waals surface area contributed by atoms with E-state index >= 15 is 0 Å². The van der Waals surface area contributed by atoms with Crippen LogP contribution in [0.2, 0.25) is 10.0 Å². The SMILES string of the molecule is O=C(CNc1ccc(Cl)cc1C(F)(F)F)Nc1cccc(Cl)c1. The minimum atomic E-state index is -4.57. The molecule has 0 spiro atoms. The largest absolute Gasteiger partial charge is 0.418 e. The van der Waals surface area contributed by atoms with E-state index in [4.69, 9.17) is 23.2 Å². The van der Waals surface area contributed by atoms with E-state index in [1.54, 1.807) is 18.2 Å². The summed E-state index contributed by atoms with van der Waals surface area (Å²) in [6.07, 6.45) is -4.57. The Morgan fingerprint density at radius 1 is 1.04 bits per heavy atom. The molecular weight excluding hydrogens is 352 g/mol. The van der Waals surface area contributed by atoms with Crippen LogP contribution >= 0.6 is 23.2 Å². The molecular formula is C15H11Cl2F3N2O. The van der Waals surface area contributed by atoms with Crippen LogP contribution in [0.25, 0.3) is 0 Å². The highest BCUT2D eigenvalue weighted by molar-refractivity contribution is 6.31. The first-order valence-corrected chi connectivity index (χ1v) is 7.17. The average Bonchev–Trinajstić information content (AvgIpc) is 2.45. The Bertz CT molecular complexity index is 720. The molecule has 0 aliphatic rings. The molecule has 0 saturated carbocycles. The van der Waals surface area contributed by atoms with Crippen molar-refractivity contribution in [2.24, 2.45) is 0 Å². The Morgan fingerprint density at radius 2 is 1.74 bits per heavy atom. The molecule has 0 atom stereocenters. The fraction of sp³-hybridized carbons (Fsp3) is 0.133. The smallest absolute Gasteiger partial charge is 0.376 e. The van der Waals surface area contributed by atoms with Gasteiger partial charge in [0.25, 0.3) is 0 Å². The summed E-state index contributed by atoms with van der Waals surface area (Å²) >= 11 is 11.4. The highest BCUT2D eigenvalue weighted by Gasteiger charge is 2.33. The molecule has 0 bridgehead atoms. The van der Waals surface area contributed by atoms with Crippen molar-refractivity contribution < 1.29 is 18.0 Å². The van der Waals surface area contributed by atoms with Crippen LogP contribution in [0, 0.1) is 0 Å². The van der Waals surface area contributed by atoms with Gasteiger partial charge in [0.05, 0.1) is 12.1 Å². The summed E-state index contributed by atoms with van der Waals surface area (Å²) in [4.78, 5) is 11.8. The first kappa shape index (κ1) is 17.4. The second-order valence-electron chi connectivity index (χ2n) is 4.60. The quantitative estimate of drug-likeness (QED) is 0.797. The lowest BCUT2D eigenvalue weighted by Crippen LogP contribution is -2.23. The monoisotopic (exact) mass is 362 g/mol. The van der Waals surface area contributed by atoms with Gasteiger partial charge in [-0.3, -0.25) is 4.79 Å². The van der Waals surface area contributed by atoms with E-state index in [1.165, 1.54) is 18.2 Å². The van der Waals surface area contributed by atoms with E-state index < -0.39 is 17.6 Å². The average molecular weight is 363 g/mol. The number of alkyl halides is 3. The summed E-state index contributed by atoms with van der Waals surface area (Å²) in [5, 5.41) is 5.39. The van der Waals surface area contributed by atoms with Crippen molar-refractivity contribution in [1.29, 1.82) is 0 Å². The second kappa shape index (κ2) is 7.10. The van der Waals surface area contributed by atoms with Crippen LogP contribution in [0.3, 0.4) is 0 Å². The maximum Gasteiger partial charge on any atom is 0.418 e. The predicted molar refractivity (Wildman–Crippen MR) is 85.0 cm³/mol. The third kappa shape index (κ3) is 5.04. The normalized spacial score (nSPS) is 11.2. The fourth-order valence-corrected chi connectivity index (χ4v) is 2.21. The van der Waals surface area contributed by atoms with Gasteiger partial charge in [-0.1, -0.05) is 29.3 Å². The topological polar surface area (TPSA) is 41.1 Å². The summed E-state index contributed by atoms with van der Waals surface area (Å²) in [5.41, 5.74) is -0.694. The number of carbonyl (C=O) groups is 1. The van der Waals surface area contributed by atoms with E-state index in [1.807, 2.05) is 0 Å². The molecule has 0 fully saturated rings. The van der Waals surface area contributed by atoms with Crippen molar-refractivity contribution >= 4 is 40.5 Å². The molecule has 2 aromatic rings. The molecule has 0 radical (unpaired) electrons. The number of carbonyl (C=O) groups excluding carboxylic acids is 1. The summed E-state index contributed by atoms with van der Waals surface area (Å²) in [5.74, 6) is -0.504. The van der Waals surface area contributed by atoms with Crippen LogP contribution in [0.5, 0.6) is 0 Å². The Kier molecular flexibility index (Phi) is 5.38. The van der Waals surface area contributed by atoms with Crippen LogP contribution in [0.15, 0.2) is 42.5 Å². The van der Waals surface area contributed by atoms with Crippen LogP contribution in [-0.2, 0) is 11.0 Å². The maximum absolute atomic E-state index is 12.9. The van der Waals surface area contributed by atoms with Crippen LogP contribution in [-0.4, -0.2) is 12.5 Å². The summed E-state index contributed by atoms with van der Waals surface area (Å²) in [6, 6.07) is 9.73. The lowest BCUT2D eigenvalue weighted by Gasteiger charge is -2.15. The Balaban J connectivity index is 2.05. The molecule has 8 heteroatoms. The summed E-state index contributed by atoms with van der Waals surface area (Å²) in [7, 11) is 0. The fourth-order valence-electron chi connectivity index (χ4n) is 1.85. The van der Waals surface area contributed by atoms with Gasteiger partial charge in [0, 0.05) is 21.4 Å². The van der Waals surface area contributed by atoms with Crippen LogP contribution in [0.1, 0.15) is 5.56 Å². The number of rotatable bonds is 4. The maximum atomic E-state index is 12.9. The molecule has 0 unspecified atom stereocenters. The zero-order chi connectivity index (χ0) is 17.0. The first-order valence-electron chi connectivity index (χ1n) is 6.42. The van der Waals surface area contributed by atoms with Gasteiger partial charge in [-0.2, -0.15) is 13.2 Å². The lowest BCUT2D eigenvalue weighted by molar-refractivity contribution is -0.137. The van der Waals surface area contributed by atoms with Gasteiger partial charge in [0.15, 0.2) is 0 Å². The van der Waals surface area contributed by atoms with Gasteiger partial charge in [-0.25, -0.2) is 0 Å². The molecule has 3 nitrogen and oxygen atoms in total. The minimum Gasteiger partial charge on any atom is -0.376 e. The molecule has 122 valence electrons. The van der Waals surface area contributed by atoms with Crippen molar-refractivity contribution in [1.82, 2.24) is 0 Å². The van der Waals surface area contributed by atoms with Crippen LogP contribution in [0.4, 0.5) is 24.5 Å². The Hall–Kier alpha value is -1.92. The van der Waals surface area contributed by atoms with Crippen molar-refractivity contribution in [3.05, 3.63) is 58.1 Å². The third-order valence-electron chi connectivity index (χ3n) is 2.83. The highest BCUT2D eigenvalue weighted by atomic mass is 35.5. The number of amides is 1. The molecule has 0 heterocycles. The van der Waals surface area contributed by atoms with Crippen LogP contribution < -0.4 is 10.6 Å². The van der Waals surface area contributed by atoms with Gasteiger partial charge in [-0.05, 0) is 36.4 Å². The third-order valence-corrected chi connectivity index (χ3v) is 3.30. The molecule has 23 heavy (non-hydrogen) atoms. The molecule has 0 aromatic heterocycles. The number of benzene rings is 2. The molecule has 2 aromatic carbocycles. The van der Waals surface area contributed by atoms with Gasteiger partial charge in [0.1, 0.15) is 0 Å². The van der Waals surface area contributed by atoms with Crippen molar-refractivity contribution in [2.45, 2.75) is 6.18 Å². The van der Waals surface area contributed by atoms with Crippen molar-refractivity contribution in [2.75, 3.05) is 17.2 Å². The molecule has 2 rings (SSSR count). The first-order chi connectivity index (χ1) is 10.8. The molecule has 2 N–H and O–H groups in total. The van der Waals surface area contributed by atoms with Gasteiger partial charge in [-0.15, -0.1) is 0 Å². The van der Waals surface area contributed by atoms with Gasteiger partial charge < -0.3 is 10.6 Å². The zero-order valence-corrected chi connectivity index (χ0v) is 13.1. The van der Waals surface area contributed by atoms with Gasteiger partial charge >= 0.3 is 6.18 Å². The molecule has 1 amide bonds. The second-order valence-corrected chi connectivity index (χ2v) is 5.47. The van der Waals surface area contributed by atoms with E-state index in [0.717, 1.165) is 6.07 Å². The predicted octanol–water partition coefficient (Wildman–Crippen LogP) is 5.06. The number of anilines is 2. The Labute approximate surface area is 140 Å². The number of hydrogen-bond acceptors (Lipinski definition) is 2. The number of hydrogen-bond donors (Lipinski definition) is 2. The minimum absolute atomic E-state index is 0.0359. The standard InChI is InChI=1S/C15H11Cl2F3N2O/c16-9-2-1-3-11(6-9)22-14(23)8-21-13-5-4-10(17)7-12(13)15(18,19)20/h1-7,21H,8H2,(H,22,23).